The van der Waals surface area contributed by atoms with Crippen LogP contribution in [0.5, 0.6) is 0 Å². The van der Waals surface area contributed by atoms with Crippen molar-refractivity contribution in [3.8, 4) is 0 Å². The molecule has 0 radical (unpaired) electrons. The van der Waals surface area contributed by atoms with E-state index in [-0.39, 0.29) is 18.1 Å². The molecule has 2 heterocycles. The van der Waals surface area contributed by atoms with Gasteiger partial charge in [-0.15, -0.1) is 11.3 Å². The molecule has 3 nitrogen and oxygen atoms in total. The van der Waals surface area contributed by atoms with Crippen molar-refractivity contribution in [1.29, 1.82) is 0 Å². The molecule has 1 fully saturated rings. The van der Waals surface area contributed by atoms with Gasteiger partial charge in [0.15, 0.2) is 0 Å². The zero-order chi connectivity index (χ0) is 15.4. The summed E-state index contributed by atoms with van der Waals surface area (Å²) >= 11 is 3.64. The molecule has 1 aromatic heterocycles. The Hall–Kier alpha value is -0.520. The summed E-state index contributed by atoms with van der Waals surface area (Å²) in [6, 6.07) is 4.29. The Balaban J connectivity index is 2.16. The summed E-state index contributed by atoms with van der Waals surface area (Å²) in [7, 11) is 0. The zero-order valence-corrected chi connectivity index (χ0v) is 15.0. The minimum absolute atomic E-state index is 0.0103. The molecule has 21 heavy (non-hydrogen) atoms. The summed E-state index contributed by atoms with van der Waals surface area (Å²) in [5.41, 5.74) is 0. The van der Waals surface area contributed by atoms with Crippen molar-refractivity contribution in [1.82, 2.24) is 10.2 Å². The van der Waals surface area contributed by atoms with E-state index in [1.165, 1.54) is 9.75 Å². The summed E-state index contributed by atoms with van der Waals surface area (Å²) in [6.07, 6.45) is 4.15. The molecule has 0 saturated carbocycles. The number of hydrogen-bond donors (Lipinski definition) is 1. The van der Waals surface area contributed by atoms with Crippen LogP contribution in [-0.2, 0) is 4.79 Å². The van der Waals surface area contributed by atoms with Crippen LogP contribution in [0.4, 0.5) is 0 Å². The van der Waals surface area contributed by atoms with Gasteiger partial charge in [-0.1, -0.05) is 20.3 Å². The highest BCUT2D eigenvalue weighted by Gasteiger charge is 2.39. The standard InChI is InChI=1S/C16H26N2OS2/c1-5-6-13-16(19)18(9-11(2)10-20-4)15(17-13)14-8-7-12(3)21-14/h7-8,11,13,15,17H,5-6,9-10H2,1-4H3. The van der Waals surface area contributed by atoms with E-state index >= 15 is 0 Å². The van der Waals surface area contributed by atoms with Crippen molar-refractivity contribution in [3.05, 3.63) is 21.9 Å². The van der Waals surface area contributed by atoms with Gasteiger partial charge >= 0.3 is 0 Å². The fourth-order valence-electron chi connectivity index (χ4n) is 2.88. The average molecular weight is 327 g/mol. The molecule has 0 aromatic carbocycles. The SMILES string of the molecule is CCCC1NC(c2ccc(C)s2)N(CC(C)CSC)C1=O. The van der Waals surface area contributed by atoms with Crippen LogP contribution >= 0.6 is 23.1 Å². The zero-order valence-electron chi connectivity index (χ0n) is 13.4. The van der Waals surface area contributed by atoms with E-state index < -0.39 is 0 Å². The smallest absolute Gasteiger partial charge is 0.241 e. The Kier molecular flexibility index (Phi) is 6.14. The second-order valence-corrected chi connectivity index (χ2v) is 8.14. The van der Waals surface area contributed by atoms with Crippen molar-refractivity contribution in [3.63, 3.8) is 0 Å². The van der Waals surface area contributed by atoms with E-state index in [0.29, 0.717) is 5.92 Å². The van der Waals surface area contributed by atoms with Crippen LogP contribution in [0, 0.1) is 12.8 Å². The lowest BCUT2D eigenvalue weighted by atomic mass is 10.1. The maximum absolute atomic E-state index is 12.7. The largest absolute Gasteiger partial charge is 0.320 e. The highest BCUT2D eigenvalue weighted by molar-refractivity contribution is 7.98. The first-order valence-corrected chi connectivity index (χ1v) is 9.89. The molecule has 1 aromatic rings. The van der Waals surface area contributed by atoms with E-state index in [2.05, 4.69) is 49.4 Å². The third kappa shape index (κ3) is 4.02. The molecule has 3 atom stereocenters. The molecule has 0 spiro atoms. The first-order valence-electron chi connectivity index (χ1n) is 7.68. The third-order valence-electron chi connectivity index (χ3n) is 3.82. The number of nitrogens with one attached hydrogen (secondary N) is 1. The summed E-state index contributed by atoms with van der Waals surface area (Å²) in [4.78, 5) is 17.3. The lowest BCUT2D eigenvalue weighted by Crippen LogP contribution is -2.35. The average Bonchev–Trinajstić information content (AvgIpc) is 2.98. The number of hydrogen-bond acceptors (Lipinski definition) is 4. The Labute approximate surface area is 136 Å². The van der Waals surface area contributed by atoms with Crippen LogP contribution in [-0.4, -0.2) is 35.4 Å². The molecule has 0 bridgehead atoms. The van der Waals surface area contributed by atoms with E-state index in [0.717, 1.165) is 25.1 Å². The van der Waals surface area contributed by atoms with E-state index in [1.54, 1.807) is 11.3 Å². The molecule has 5 heteroatoms. The number of carbonyl (C=O) groups is 1. The number of thiophene rings is 1. The first kappa shape index (κ1) is 16.8. The van der Waals surface area contributed by atoms with Crippen molar-refractivity contribution in [2.24, 2.45) is 5.92 Å². The maximum atomic E-state index is 12.7. The highest BCUT2D eigenvalue weighted by atomic mass is 32.2. The van der Waals surface area contributed by atoms with Gasteiger partial charge in [-0.25, -0.2) is 0 Å². The lowest BCUT2D eigenvalue weighted by molar-refractivity contribution is -0.130. The van der Waals surface area contributed by atoms with E-state index in [1.807, 2.05) is 11.8 Å². The summed E-state index contributed by atoms with van der Waals surface area (Å²) in [5.74, 6) is 1.90. The number of nitrogens with zero attached hydrogens (tertiary/aromatic N) is 1. The normalized spacial score (nSPS) is 23.8. The number of rotatable bonds is 7. The fraction of sp³-hybridized carbons (Fsp3) is 0.688. The van der Waals surface area contributed by atoms with Crippen LogP contribution in [0.2, 0.25) is 0 Å². The van der Waals surface area contributed by atoms with Gasteiger partial charge in [0, 0.05) is 16.3 Å². The number of amides is 1. The molecular weight excluding hydrogens is 300 g/mol. The summed E-state index contributed by atoms with van der Waals surface area (Å²) < 4.78 is 0. The fourth-order valence-corrected chi connectivity index (χ4v) is 4.50. The van der Waals surface area contributed by atoms with Gasteiger partial charge in [-0.3, -0.25) is 10.1 Å². The van der Waals surface area contributed by atoms with Crippen molar-refractivity contribution >= 4 is 29.0 Å². The minimum Gasteiger partial charge on any atom is -0.320 e. The molecule has 2 rings (SSSR count). The predicted molar refractivity (Wildman–Crippen MR) is 92.9 cm³/mol. The van der Waals surface area contributed by atoms with Crippen LogP contribution in [0.3, 0.4) is 0 Å². The Morgan fingerprint density at radius 2 is 2.24 bits per heavy atom. The molecule has 1 amide bonds. The number of thioether (sulfide) groups is 1. The molecule has 1 N–H and O–H groups in total. The van der Waals surface area contributed by atoms with Gasteiger partial charge in [0.2, 0.25) is 5.91 Å². The third-order valence-corrected chi connectivity index (χ3v) is 5.77. The number of aryl methyl sites for hydroxylation is 1. The Morgan fingerprint density at radius 3 is 2.81 bits per heavy atom. The molecule has 1 saturated heterocycles. The van der Waals surface area contributed by atoms with Crippen molar-refractivity contribution in [2.45, 2.75) is 45.8 Å². The van der Waals surface area contributed by atoms with Gasteiger partial charge < -0.3 is 4.90 Å². The van der Waals surface area contributed by atoms with Crippen LogP contribution in [0.15, 0.2) is 12.1 Å². The predicted octanol–water partition coefficient (Wildman–Crippen LogP) is 3.65. The summed E-state index contributed by atoms with van der Waals surface area (Å²) in [6.45, 7) is 7.33. The van der Waals surface area contributed by atoms with Crippen LogP contribution < -0.4 is 5.32 Å². The lowest BCUT2D eigenvalue weighted by Gasteiger charge is -2.26. The topological polar surface area (TPSA) is 32.3 Å². The Bertz CT molecular complexity index is 475. The molecule has 1 aliphatic rings. The summed E-state index contributed by atoms with van der Waals surface area (Å²) in [5, 5.41) is 3.55. The molecular formula is C16H26N2OS2. The van der Waals surface area contributed by atoms with Gasteiger partial charge in [-0.2, -0.15) is 11.8 Å². The van der Waals surface area contributed by atoms with Crippen molar-refractivity contribution < 1.29 is 4.79 Å². The second-order valence-electron chi connectivity index (χ2n) is 5.91. The Morgan fingerprint density at radius 1 is 1.48 bits per heavy atom. The molecule has 0 aliphatic carbocycles. The van der Waals surface area contributed by atoms with E-state index in [9.17, 15) is 4.79 Å². The van der Waals surface area contributed by atoms with Crippen LogP contribution in [0.25, 0.3) is 0 Å². The monoisotopic (exact) mass is 326 g/mol. The maximum Gasteiger partial charge on any atom is 0.241 e. The quantitative estimate of drug-likeness (QED) is 0.830. The first-order chi connectivity index (χ1) is 10.1. The van der Waals surface area contributed by atoms with Gasteiger partial charge in [0.05, 0.1) is 6.04 Å². The molecule has 1 aliphatic heterocycles. The highest BCUT2D eigenvalue weighted by Crippen LogP contribution is 2.32. The van der Waals surface area contributed by atoms with Crippen LogP contribution in [0.1, 0.15) is 42.6 Å². The minimum atomic E-state index is -0.0103. The second kappa shape index (κ2) is 7.65. The van der Waals surface area contributed by atoms with E-state index in [4.69, 9.17) is 0 Å². The van der Waals surface area contributed by atoms with Gasteiger partial charge in [0.25, 0.3) is 0 Å². The molecule has 3 unspecified atom stereocenters. The van der Waals surface area contributed by atoms with Gasteiger partial charge in [0.1, 0.15) is 6.17 Å². The number of carbonyl (C=O) groups excluding carboxylic acids is 1. The molecule has 118 valence electrons. The van der Waals surface area contributed by atoms with Crippen molar-refractivity contribution in [2.75, 3.05) is 18.6 Å². The van der Waals surface area contributed by atoms with Gasteiger partial charge in [-0.05, 0) is 43.4 Å².